The fraction of sp³-hybridized carbons (Fsp3) is 0.611. The molecule has 0 aromatic heterocycles. The molecule has 2 rings (SSSR count). The zero-order valence-corrected chi connectivity index (χ0v) is 15.6. The van der Waals surface area contributed by atoms with Crippen LogP contribution in [-0.2, 0) is 4.79 Å². The molecule has 1 N–H and O–H groups in total. The molecule has 1 aromatic carbocycles. The van der Waals surface area contributed by atoms with Crippen LogP contribution in [0.25, 0.3) is 0 Å². The van der Waals surface area contributed by atoms with Crippen molar-refractivity contribution in [2.24, 2.45) is 0 Å². The highest BCUT2D eigenvalue weighted by Crippen LogP contribution is 2.23. The summed E-state index contributed by atoms with van der Waals surface area (Å²) in [5.74, 6) is 0.279. The third kappa shape index (κ3) is 5.48. The Morgan fingerprint density at radius 2 is 1.96 bits per heavy atom. The molecule has 0 bridgehead atoms. The molecule has 1 amide bonds. The molecule has 4 nitrogen and oxygen atoms in total. The Morgan fingerprint density at radius 3 is 2.57 bits per heavy atom. The van der Waals surface area contributed by atoms with E-state index in [9.17, 15) is 4.79 Å². The minimum atomic E-state index is 0. The number of hydrogen-bond donors (Lipinski definition) is 1. The number of piperazine rings is 1. The number of nitrogens with one attached hydrogen (secondary N) is 1. The Bertz CT molecular complexity index is 515. The highest BCUT2D eigenvalue weighted by atomic mass is 35.5. The van der Waals surface area contributed by atoms with Crippen LogP contribution in [0, 0.1) is 13.8 Å². The number of hydrogen-bond acceptors (Lipinski definition) is 3. The number of amides is 1. The average molecular weight is 340 g/mol. The highest BCUT2D eigenvalue weighted by Gasteiger charge is 2.19. The number of carbonyl (C=O) groups excluding carboxylic acids is 1. The SMILES string of the molecule is Cc1ccc(C(C)N(C)CCC(=O)N2CCNCC2)c(C)c1.Cl. The van der Waals surface area contributed by atoms with E-state index in [-0.39, 0.29) is 18.3 Å². The molecular weight excluding hydrogens is 310 g/mol. The van der Waals surface area contributed by atoms with Gasteiger partial charge in [0, 0.05) is 45.2 Å². The van der Waals surface area contributed by atoms with E-state index in [2.05, 4.69) is 56.2 Å². The predicted molar refractivity (Wildman–Crippen MR) is 98.3 cm³/mol. The lowest BCUT2D eigenvalue weighted by Crippen LogP contribution is -2.47. The smallest absolute Gasteiger partial charge is 0.223 e. The van der Waals surface area contributed by atoms with Gasteiger partial charge in [0.2, 0.25) is 5.91 Å². The molecule has 1 atom stereocenters. The lowest BCUT2D eigenvalue weighted by Gasteiger charge is -2.30. The van der Waals surface area contributed by atoms with Crippen LogP contribution in [0.1, 0.15) is 36.1 Å². The fourth-order valence-corrected chi connectivity index (χ4v) is 3.07. The number of halogens is 1. The van der Waals surface area contributed by atoms with E-state index in [1.54, 1.807) is 0 Å². The lowest BCUT2D eigenvalue weighted by atomic mass is 9.99. The third-order valence-electron chi connectivity index (χ3n) is 4.68. The van der Waals surface area contributed by atoms with Gasteiger partial charge in [0.1, 0.15) is 0 Å². The second kappa shape index (κ2) is 9.26. The topological polar surface area (TPSA) is 35.6 Å². The van der Waals surface area contributed by atoms with Gasteiger partial charge in [-0.1, -0.05) is 23.8 Å². The van der Waals surface area contributed by atoms with Crippen LogP contribution in [0.3, 0.4) is 0 Å². The minimum Gasteiger partial charge on any atom is -0.340 e. The van der Waals surface area contributed by atoms with Crippen molar-refractivity contribution < 1.29 is 4.79 Å². The zero-order valence-electron chi connectivity index (χ0n) is 14.8. The predicted octanol–water partition coefficient (Wildman–Crippen LogP) is 2.54. The van der Waals surface area contributed by atoms with Crippen LogP contribution in [-0.4, -0.2) is 55.5 Å². The second-order valence-corrected chi connectivity index (χ2v) is 6.40. The molecule has 0 spiro atoms. The number of benzene rings is 1. The van der Waals surface area contributed by atoms with Crippen LogP contribution in [0.4, 0.5) is 0 Å². The molecule has 1 aromatic rings. The van der Waals surface area contributed by atoms with Gasteiger partial charge in [-0.15, -0.1) is 12.4 Å². The van der Waals surface area contributed by atoms with E-state index in [0.29, 0.717) is 12.5 Å². The summed E-state index contributed by atoms with van der Waals surface area (Å²) in [5.41, 5.74) is 3.97. The molecule has 5 heteroatoms. The van der Waals surface area contributed by atoms with Crippen LogP contribution < -0.4 is 5.32 Å². The van der Waals surface area contributed by atoms with Crippen molar-refractivity contribution in [2.75, 3.05) is 39.8 Å². The number of rotatable bonds is 5. The van der Waals surface area contributed by atoms with Gasteiger partial charge in [-0.25, -0.2) is 0 Å². The maximum atomic E-state index is 12.2. The van der Waals surface area contributed by atoms with Crippen molar-refractivity contribution in [3.05, 3.63) is 34.9 Å². The molecule has 23 heavy (non-hydrogen) atoms. The molecule has 130 valence electrons. The van der Waals surface area contributed by atoms with E-state index >= 15 is 0 Å². The fourth-order valence-electron chi connectivity index (χ4n) is 3.07. The summed E-state index contributed by atoms with van der Waals surface area (Å²) in [5, 5.41) is 3.28. The standard InChI is InChI=1S/C18H29N3O.ClH/c1-14-5-6-17(15(2)13-14)16(3)20(4)10-7-18(22)21-11-8-19-9-12-21;/h5-6,13,16,19H,7-12H2,1-4H3;1H. The van der Waals surface area contributed by atoms with Crippen molar-refractivity contribution >= 4 is 18.3 Å². The molecule has 1 aliphatic heterocycles. The van der Waals surface area contributed by atoms with Crippen LogP contribution in [0.2, 0.25) is 0 Å². The van der Waals surface area contributed by atoms with Crippen LogP contribution >= 0.6 is 12.4 Å². The normalized spacial score (nSPS) is 16.1. The van der Waals surface area contributed by atoms with Gasteiger partial charge in [-0.05, 0) is 38.9 Å². The molecule has 0 radical (unpaired) electrons. The van der Waals surface area contributed by atoms with Crippen molar-refractivity contribution in [2.45, 2.75) is 33.2 Å². The van der Waals surface area contributed by atoms with Gasteiger partial charge in [0.25, 0.3) is 0 Å². The molecule has 1 fully saturated rings. The molecule has 1 heterocycles. The molecule has 0 aliphatic carbocycles. The van der Waals surface area contributed by atoms with Gasteiger partial charge in [0.05, 0.1) is 0 Å². The highest BCUT2D eigenvalue weighted by molar-refractivity contribution is 5.85. The van der Waals surface area contributed by atoms with Gasteiger partial charge in [-0.3, -0.25) is 9.69 Å². The molecule has 1 aliphatic rings. The molecule has 1 unspecified atom stereocenters. The summed E-state index contributed by atoms with van der Waals surface area (Å²) in [6.07, 6.45) is 0.603. The van der Waals surface area contributed by atoms with Crippen LogP contribution in [0.15, 0.2) is 18.2 Å². The summed E-state index contributed by atoms with van der Waals surface area (Å²) in [7, 11) is 2.11. The van der Waals surface area contributed by atoms with Crippen molar-refractivity contribution in [3.8, 4) is 0 Å². The minimum absolute atomic E-state index is 0. The van der Waals surface area contributed by atoms with Gasteiger partial charge < -0.3 is 10.2 Å². The molecule has 0 saturated carbocycles. The summed E-state index contributed by atoms with van der Waals surface area (Å²) in [4.78, 5) is 16.5. The first kappa shape index (κ1) is 19.9. The third-order valence-corrected chi connectivity index (χ3v) is 4.68. The monoisotopic (exact) mass is 339 g/mol. The number of nitrogens with zero attached hydrogens (tertiary/aromatic N) is 2. The summed E-state index contributed by atoms with van der Waals surface area (Å²) < 4.78 is 0. The first-order valence-corrected chi connectivity index (χ1v) is 8.25. The summed E-state index contributed by atoms with van der Waals surface area (Å²) in [6.45, 7) is 10.8. The maximum Gasteiger partial charge on any atom is 0.223 e. The first-order valence-electron chi connectivity index (χ1n) is 8.25. The van der Waals surface area contributed by atoms with E-state index < -0.39 is 0 Å². The van der Waals surface area contributed by atoms with Gasteiger partial charge in [-0.2, -0.15) is 0 Å². The Morgan fingerprint density at radius 1 is 1.30 bits per heavy atom. The van der Waals surface area contributed by atoms with Gasteiger partial charge in [0.15, 0.2) is 0 Å². The van der Waals surface area contributed by atoms with E-state index in [1.807, 2.05) is 4.90 Å². The summed E-state index contributed by atoms with van der Waals surface area (Å²) >= 11 is 0. The molecule has 1 saturated heterocycles. The Hall–Kier alpha value is -1.10. The number of carbonyl (C=O) groups is 1. The van der Waals surface area contributed by atoms with Crippen molar-refractivity contribution in [1.29, 1.82) is 0 Å². The average Bonchev–Trinajstić information content (AvgIpc) is 2.52. The Kier molecular flexibility index (Phi) is 8.03. The largest absolute Gasteiger partial charge is 0.340 e. The van der Waals surface area contributed by atoms with E-state index in [4.69, 9.17) is 0 Å². The van der Waals surface area contributed by atoms with Crippen molar-refractivity contribution in [3.63, 3.8) is 0 Å². The quantitative estimate of drug-likeness (QED) is 0.895. The first-order chi connectivity index (χ1) is 10.5. The summed E-state index contributed by atoms with van der Waals surface area (Å²) in [6, 6.07) is 6.94. The van der Waals surface area contributed by atoms with Crippen LogP contribution in [0.5, 0.6) is 0 Å². The Balaban J connectivity index is 0.00000264. The van der Waals surface area contributed by atoms with E-state index in [0.717, 1.165) is 32.7 Å². The van der Waals surface area contributed by atoms with Gasteiger partial charge >= 0.3 is 0 Å². The molecular formula is C18H30ClN3O. The second-order valence-electron chi connectivity index (χ2n) is 6.40. The maximum absolute atomic E-state index is 12.2. The zero-order chi connectivity index (χ0) is 16.1. The Labute approximate surface area is 146 Å². The lowest BCUT2D eigenvalue weighted by molar-refractivity contribution is -0.132. The number of aryl methyl sites for hydroxylation is 2. The van der Waals surface area contributed by atoms with Crippen molar-refractivity contribution in [1.82, 2.24) is 15.1 Å². The van der Waals surface area contributed by atoms with E-state index in [1.165, 1.54) is 16.7 Å².